The fourth-order valence-electron chi connectivity index (χ4n) is 4.42. The normalized spacial score (nSPS) is 18.7. The largest absolute Gasteiger partial charge is 0.339 e. The quantitative estimate of drug-likeness (QED) is 0.684. The smallest absolute Gasteiger partial charge is 0.232 e. The van der Waals surface area contributed by atoms with Crippen molar-refractivity contribution in [2.24, 2.45) is 0 Å². The van der Waals surface area contributed by atoms with Crippen molar-refractivity contribution in [3.05, 3.63) is 64.5 Å². The van der Waals surface area contributed by atoms with Gasteiger partial charge in [-0.3, -0.25) is 4.79 Å². The number of aryl methyl sites for hydroxylation is 4. The van der Waals surface area contributed by atoms with Gasteiger partial charge in [0.15, 0.2) is 0 Å². The van der Waals surface area contributed by atoms with Crippen molar-refractivity contribution < 1.29 is 9.32 Å². The molecule has 5 nitrogen and oxygen atoms in total. The maximum Gasteiger partial charge on any atom is 0.232 e. The molecule has 0 radical (unpaired) electrons. The van der Waals surface area contributed by atoms with Crippen molar-refractivity contribution in [2.75, 3.05) is 11.4 Å². The molecule has 0 N–H and O–H groups in total. The molecule has 28 heavy (non-hydrogen) atoms. The van der Waals surface area contributed by atoms with E-state index in [0.717, 1.165) is 29.7 Å². The maximum absolute atomic E-state index is 12.7. The molecule has 2 aliphatic rings. The minimum absolute atomic E-state index is 0.0623. The maximum atomic E-state index is 12.7. The van der Waals surface area contributed by atoms with Gasteiger partial charge in [-0.25, -0.2) is 0 Å². The van der Waals surface area contributed by atoms with Crippen molar-refractivity contribution in [2.45, 2.75) is 45.4 Å². The van der Waals surface area contributed by atoms with E-state index in [1.54, 1.807) is 0 Å². The van der Waals surface area contributed by atoms with Crippen LogP contribution in [0, 0.1) is 13.8 Å². The van der Waals surface area contributed by atoms with Gasteiger partial charge < -0.3 is 9.42 Å². The molecule has 2 aromatic carbocycles. The Kier molecular flexibility index (Phi) is 4.04. The van der Waals surface area contributed by atoms with Crippen LogP contribution < -0.4 is 4.90 Å². The number of nitrogens with zero attached hydrogens (tertiary/aromatic N) is 3. The molecule has 1 aliphatic heterocycles. The average molecular weight is 373 g/mol. The zero-order valence-corrected chi connectivity index (χ0v) is 16.2. The van der Waals surface area contributed by atoms with Crippen LogP contribution in [0.15, 0.2) is 40.9 Å². The molecule has 5 rings (SSSR count). The van der Waals surface area contributed by atoms with Gasteiger partial charge in [-0.05, 0) is 61.9 Å². The summed E-state index contributed by atoms with van der Waals surface area (Å²) < 4.78 is 5.55. The number of carbonyl (C=O) groups is 1. The number of amides is 1. The number of carbonyl (C=O) groups excluding carboxylic acids is 1. The summed E-state index contributed by atoms with van der Waals surface area (Å²) >= 11 is 0. The van der Waals surface area contributed by atoms with Crippen molar-refractivity contribution >= 4 is 11.6 Å². The molecule has 0 bridgehead atoms. The Morgan fingerprint density at radius 3 is 2.79 bits per heavy atom. The molecule has 1 unspecified atom stereocenters. The van der Waals surface area contributed by atoms with E-state index in [-0.39, 0.29) is 11.8 Å². The number of hydrogen-bond acceptors (Lipinski definition) is 4. The molecule has 0 spiro atoms. The molecule has 1 aliphatic carbocycles. The van der Waals surface area contributed by atoms with Crippen LogP contribution in [-0.4, -0.2) is 22.6 Å². The molecule has 142 valence electrons. The van der Waals surface area contributed by atoms with Crippen LogP contribution in [0.3, 0.4) is 0 Å². The standard InChI is InChI=1S/C23H23N3O2/c1-14-6-9-20(15(2)10-14)22-24-23(28-25-22)18-12-21(27)26(13-18)19-8-7-16-4-3-5-17(16)11-19/h6-11,18H,3-5,12-13H2,1-2H3. The summed E-state index contributed by atoms with van der Waals surface area (Å²) in [5, 5.41) is 4.18. The van der Waals surface area contributed by atoms with Crippen LogP contribution >= 0.6 is 0 Å². The highest BCUT2D eigenvalue weighted by molar-refractivity contribution is 5.96. The minimum Gasteiger partial charge on any atom is -0.339 e. The van der Waals surface area contributed by atoms with E-state index < -0.39 is 0 Å². The van der Waals surface area contributed by atoms with Crippen molar-refractivity contribution in [1.29, 1.82) is 0 Å². The molecule has 1 aromatic heterocycles. The van der Waals surface area contributed by atoms with E-state index >= 15 is 0 Å². The summed E-state index contributed by atoms with van der Waals surface area (Å²) in [4.78, 5) is 19.1. The van der Waals surface area contributed by atoms with Crippen molar-refractivity contribution in [3.8, 4) is 11.4 Å². The topological polar surface area (TPSA) is 59.2 Å². The van der Waals surface area contributed by atoms with Gasteiger partial charge in [0.25, 0.3) is 0 Å². The van der Waals surface area contributed by atoms with E-state index in [9.17, 15) is 4.79 Å². The summed E-state index contributed by atoms with van der Waals surface area (Å²) in [6, 6.07) is 12.6. The third-order valence-corrected chi connectivity index (χ3v) is 5.93. The first-order valence-corrected chi connectivity index (χ1v) is 9.92. The number of benzene rings is 2. The zero-order chi connectivity index (χ0) is 19.3. The Hall–Kier alpha value is -2.95. The second-order valence-corrected chi connectivity index (χ2v) is 7.99. The third kappa shape index (κ3) is 2.91. The highest BCUT2D eigenvalue weighted by atomic mass is 16.5. The predicted octanol–water partition coefficient (Wildman–Crippen LogP) is 4.36. The molecule has 1 fully saturated rings. The van der Waals surface area contributed by atoms with Crippen LogP contribution in [0.25, 0.3) is 11.4 Å². The lowest BCUT2D eigenvalue weighted by molar-refractivity contribution is -0.117. The molecular weight excluding hydrogens is 350 g/mol. The lowest BCUT2D eigenvalue weighted by Gasteiger charge is -2.17. The van der Waals surface area contributed by atoms with Gasteiger partial charge in [0.2, 0.25) is 17.6 Å². The Morgan fingerprint density at radius 1 is 1.07 bits per heavy atom. The Balaban J connectivity index is 1.38. The lowest BCUT2D eigenvalue weighted by atomic mass is 10.1. The molecule has 5 heteroatoms. The molecule has 1 amide bonds. The van der Waals surface area contributed by atoms with E-state index in [4.69, 9.17) is 4.52 Å². The SMILES string of the molecule is Cc1ccc(-c2noc(C3CC(=O)N(c4ccc5c(c4)CCC5)C3)n2)c(C)c1. The fourth-order valence-corrected chi connectivity index (χ4v) is 4.42. The molecule has 1 atom stereocenters. The van der Waals surface area contributed by atoms with Crippen LogP contribution in [0.4, 0.5) is 5.69 Å². The molecule has 2 heterocycles. The molecular formula is C23H23N3O2. The zero-order valence-electron chi connectivity index (χ0n) is 16.2. The van der Waals surface area contributed by atoms with Crippen LogP contribution in [-0.2, 0) is 17.6 Å². The van der Waals surface area contributed by atoms with Gasteiger partial charge >= 0.3 is 0 Å². The summed E-state index contributed by atoms with van der Waals surface area (Å²) in [5.74, 6) is 1.20. The predicted molar refractivity (Wildman–Crippen MR) is 107 cm³/mol. The first-order chi connectivity index (χ1) is 13.6. The monoisotopic (exact) mass is 373 g/mol. The van der Waals surface area contributed by atoms with E-state index in [1.165, 1.54) is 23.1 Å². The van der Waals surface area contributed by atoms with Gasteiger partial charge in [0.05, 0.1) is 5.92 Å². The molecule has 3 aromatic rings. The number of hydrogen-bond donors (Lipinski definition) is 0. The minimum atomic E-state index is -0.0623. The summed E-state index contributed by atoms with van der Waals surface area (Å²) in [6.07, 6.45) is 3.87. The third-order valence-electron chi connectivity index (χ3n) is 5.93. The first-order valence-electron chi connectivity index (χ1n) is 9.92. The molecule has 1 saturated heterocycles. The van der Waals surface area contributed by atoms with Crippen LogP contribution in [0.5, 0.6) is 0 Å². The van der Waals surface area contributed by atoms with E-state index in [1.807, 2.05) is 24.0 Å². The highest BCUT2D eigenvalue weighted by Gasteiger charge is 2.35. The van der Waals surface area contributed by atoms with Gasteiger partial charge in [-0.1, -0.05) is 35.0 Å². The Bertz CT molecular complexity index is 1070. The van der Waals surface area contributed by atoms with Crippen LogP contribution in [0.1, 0.15) is 46.9 Å². The van der Waals surface area contributed by atoms with Gasteiger partial charge in [0.1, 0.15) is 0 Å². The number of rotatable bonds is 3. The van der Waals surface area contributed by atoms with E-state index in [2.05, 4.69) is 41.3 Å². The van der Waals surface area contributed by atoms with Crippen molar-refractivity contribution in [1.82, 2.24) is 10.1 Å². The average Bonchev–Trinajstić information content (AvgIpc) is 3.40. The lowest BCUT2D eigenvalue weighted by Crippen LogP contribution is -2.24. The second-order valence-electron chi connectivity index (χ2n) is 7.99. The Labute approximate surface area is 164 Å². The summed E-state index contributed by atoms with van der Waals surface area (Å²) in [7, 11) is 0. The summed E-state index contributed by atoms with van der Waals surface area (Å²) in [5.41, 5.74) is 7.08. The Morgan fingerprint density at radius 2 is 1.93 bits per heavy atom. The van der Waals surface area contributed by atoms with Gasteiger partial charge in [-0.2, -0.15) is 4.98 Å². The van der Waals surface area contributed by atoms with Gasteiger partial charge in [0, 0.05) is 24.2 Å². The van der Waals surface area contributed by atoms with Crippen LogP contribution in [0.2, 0.25) is 0 Å². The highest BCUT2D eigenvalue weighted by Crippen LogP contribution is 2.34. The number of anilines is 1. The fraction of sp³-hybridized carbons (Fsp3) is 0.348. The molecule has 0 saturated carbocycles. The number of aromatic nitrogens is 2. The van der Waals surface area contributed by atoms with Crippen molar-refractivity contribution in [3.63, 3.8) is 0 Å². The van der Waals surface area contributed by atoms with Gasteiger partial charge in [-0.15, -0.1) is 0 Å². The van der Waals surface area contributed by atoms with E-state index in [0.29, 0.717) is 24.7 Å². The first kappa shape index (κ1) is 17.2. The number of fused-ring (bicyclic) bond motifs is 1. The summed E-state index contributed by atoms with van der Waals surface area (Å²) in [6.45, 7) is 4.70. The second kappa shape index (κ2) is 6.59.